The normalized spacial score (nSPS) is 12.9. The van der Waals surface area contributed by atoms with Gasteiger partial charge in [0.1, 0.15) is 0 Å². The molecule has 2 nitrogen and oxygen atoms in total. The molecule has 2 heteroatoms. The number of hydrogen-bond donors (Lipinski definition) is 1. The van der Waals surface area contributed by atoms with Gasteiger partial charge in [-0.2, -0.15) is 0 Å². The lowest BCUT2D eigenvalue weighted by Gasteiger charge is -2.21. The molecule has 0 radical (unpaired) electrons. The van der Waals surface area contributed by atoms with Crippen LogP contribution in [-0.2, 0) is 6.42 Å². The van der Waals surface area contributed by atoms with Crippen molar-refractivity contribution in [1.29, 1.82) is 0 Å². The molecular formula is C15H26N2. The predicted molar refractivity (Wildman–Crippen MR) is 75.4 cm³/mol. The third-order valence-corrected chi connectivity index (χ3v) is 2.99. The standard InChI is InChI=1S/C15H26N2/c1-4-16-12-14(2)13-17(3)11-10-15-8-6-5-7-9-15/h5-9,14,16H,4,10-13H2,1-3H3. The van der Waals surface area contributed by atoms with Crippen LogP contribution in [0.15, 0.2) is 30.3 Å². The van der Waals surface area contributed by atoms with Crippen molar-refractivity contribution in [3.8, 4) is 0 Å². The molecule has 0 aliphatic rings. The Kier molecular flexibility index (Phi) is 6.90. The van der Waals surface area contributed by atoms with Gasteiger partial charge in [0.05, 0.1) is 0 Å². The SMILES string of the molecule is CCNCC(C)CN(C)CCc1ccccc1. The van der Waals surface area contributed by atoms with Gasteiger partial charge in [-0.1, -0.05) is 44.2 Å². The van der Waals surface area contributed by atoms with E-state index in [-0.39, 0.29) is 0 Å². The maximum atomic E-state index is 3.40. The fourth-order valence-electron chi connectivity index (χ4n) is 2.04. The van der Waals surface area contributed by atoms with E-state index in [1.54, 1.807) is 0 Å². The molecule has 1 aromatic rings. The zero-order valence-electron chi connectivity index (χ0n) is 11.4. The van der Waals surface area contributed by atoms with Crippen LogP contribution in [0.5, 0.6) is 0 Å². The minimum atomic E-state index is 0.718. The molecule has 1 aromatic carbocycles. The second kappa shape index (κ2) is 8.26. The van der Waals surface area contributed by atoms with Crippen LogP contribution in [0, 0.1) is 5.92 Å². The molecule has 0 aliphatic carbocycles. The summed E-state index contributed by atoms with van der Waals surface area (Å²) in [5, 5.41) is 3.40. The zero-order chi connectivity index (χ0) is 12.5. The van der Waals surface area contributed by atoms with Crippen LogP contribution >= 0.6 is 0 Å². The summed E-state index contributed by atoms with van der Waals surface area (Å²) in [5.74, 6) is 0.718. The summed E-state index contributed by atoms with van der Waals surface area (Å²) < 4.78 is 0. The Labute approximate surface area is 106 Å². The molecule has 0 bridgehead atoms. The molecule has 1 N–H and O–H groups in total. The van der Waals surface area contributed by atoms with E-state index in [0.717, 1.165) is 32.0 Å². The lowest BCUT2D eigenvalue weighted by Crippen LogP contribution is -2.32. The summed E-state index contributed by atoms with van der Waals surface area (Å²) in [6.07, 6.45) is 1.14. The van der Waals surface area contributed by atoms with Crippen molar-refractivity contribution < 1.29 is 0 Å². The number of rotatable bonds is 8. The fourth-order valence-corrected chi connectivity index (χ4v) is 2.04. The van der Waals surface area contributed by atoms with E-state index < -0.39 is 0 Å². The average molecular weight is 234 g/mol. The van der Waals surface area contributed by atoms with Gasteiger partial charge in [0.25, 0.3) is 0 Å². The Bertz CT molecular complexity index is 284. The first-order valence-corrected chi connectivity index (χ1v) is 6.65. The Morgan fingerprint density at radius 3 is 2.59 bits per heavy atom. The van der Waals surface area contributed by atoms with E-state index in [0.29, 0.717) is 0 Å². The number of nitrogens with one attached hydrogen (secondary N) is 1. The summed E-state index contributed by atoms with van der Waals surface area (Å²) in [7, 11) is 2.21. The Morgan fingerprint density at radius 2 is 1.94 bits per heavy atom. The predicted octanol–water partition coefficient (Wildman–Crippen LogP) is 2.41. The Hall–Kier alpha value is -0.860. The number of benzene rings is 1. The van der Waals surface area contributed by atoms with Gasteiger partial charge in [-0.25, -0.2) is 0 Å². The fraction of sp³-hybridized carbons (Fsp3) is 0.600. The summed E-state index contributed by atoms with van der Waals surface area (Å²) in [6, 6.07) is 10.7. The third-order valence-electron chi connectivity index (χ3n) is 2.99. The van der Waals surface area contributed by atoms with Crippen molar-refractivity contribution in [2.45, 2.75) is 20.3 Å². The quantitative estimate of drug-likeness (QED) is 0.743. The summed E-state index contributed by atoms with van der Waals surface area (Å²) in [5.41, 5.74) is 1.43. The first kappa shape index (κ1) is 14.2. The molecule has 0 saturated heterocycles. The van der Waals surface area contributed by atoms with Gasteiger partial charge in [-0.05, 0) is 38.0 Å². The van der Waals surface area contributed by atoms with Crippen molar-refractivity contribution in [3.63, 3.8) is 0 Å². The second-order valence-electron chi connectivity index (χ2n) is 4.91. The maximum Gasteiger partial charge on any atom is 0.00189 e. The van der Waals surface area contributed by atoms with Gasteiger partial charge in [0.15, 0.2) is 0 Å². The van der Waals surface area contributed by atoms with E-state index in [1.165, 1.54) is 12.1 Å². The molecule has 0 heterocycles. The van der Waals surface area contributed by atoms with Crippen molar-refractivity contribution in [2.24, 2.45) is 5.92 Å². The minimum Gasteiger partial charge on any atom is -0.317 e. The molecule has 0 spiro atoms. The van der Waals surface area contributed by atoms with Crippen molar-refractivity contribution in [2.75, 3.05) is 33.2 Å². The average Bonchev–Trinajstić information content (AvgIpc) is 2.35. The molecule has 17 heavy (non-hydrogen) atoms. The third kappa shape index (κ3) is 6.44. The van der Waals surface area contributed by atoms with E-state index in [1.807, 2.05) is 0 Å². The van der Waals surface area contributed by atoms with E-state index in [4.69, 9.17) is 0 Å². The number of nitrogens with zero attached hydrogens (tertiary/aromatic N) is 1. The molecule has 1 rings (SSSR count). The van der Waals surface area contributed by atoms with Gasteiger partial charge in [0, 0.05) is 13.1 Å². The highest BCUT2D eigenvalue weighted by Gasteiger charge is 2.05. The molecule has 0 amide bonds. The minimum absolute atomic E-state index is 0.718. The maximum absolute atomic E-state index is 3.40. The molecule has 0 fully saturated rings. The van der Waals surface area contributed by atoms with Crippen molar-refractivity contribution in [1.82, 2.24) is 10.2 Å². The van der Waals surface area contributed by atoms with Gasteiger partial charge < -0.3 is 10.2 Å². The molecule has 0 aliphatic heterocycles. The smallest absolute Gasteiger partial charge is 0.00189 e. The second-order valence-corrected chi connectivity index (χ2v) is 4.91. The van der Waals surface area contributed by atoms with Crippen molar-refractivity contribution in [3.05, 3.63) is 35.9 Å². The van der Waals surface area contributed by atoms with Gasteiger partial charge in [0.2, 0.25) is 0 Å². The van der Waals surface area contributed by atoms with Crippen LogP contribution in [0.2, 0.25) is 0 Å². The summed E-state index contributed by atoms with van der Waals surface area (Å²) >= 11 is 0. The molecule has 0 saturated carbocycles. The molecule has 96 valence electrons. The molecule has 1 atom stereocenters. The van der Waals surface area contributed by atoms with Gasteiger partial charge >= 0.3 is 0 Å². The first-order chi connectivity index (χ1) is 8.22. The Balaban J connectivity index is 2.19. The molecular weight excluding hydrogens is 208 g/mol. The summed E-state index contributed by atoms with van der Waals surface area (Å²) in [6.45, 7) is 8.96. The monoisotopic (exact) mass is 234 g/mol. The Morgan fingerprint density at radius 1 is 1.24 bits per heavy atom. The van der Waals surface area contributed by atoms with Crippen LogP contribution in [0.4, 0.5) is 0 Å². The van der Waals surface area contributed by atoms with Crippen molar-refractivity contribution >= 4 is 0 Å². The largest absolute Gasteiger partial charge is 0.317 e. The first-order valence-electron chi connectivity index (χ1n) is 6.65. The highest BCUT2D eigenvalue weighted by Crippen LogP contribution is 2.02. The van der Waals surface area contributed by atoms with Crippen LogP contribution < -0.4 is 5.32 Å². The van der Waals surface area contributed by atoms with E-state index in [2.05, 4.69) is 61.4 Å². The molecule has 0 aromatic heterocycles. The van der Waals surface area contributed by atoms with Gasteiger partial charge in [-0.3, -0.25) is 0 Å². The van der Waals surface area contributed by atoms with Crippen LogP contribution in [-0.4, -0.2) is 38.1 Å². The number of hydrogen-bond acceptors (Lipinski definition) is 2. The van der Waals surface area contributed by atoms with Gasteiger partial charge in [-0.15, -0.1) is 0 Å². The highest BCUT2D eigenvalue weighted by molar-refractivity contribution is 5.14. The summed E-state index contributed by atoms with van der Waals surface area (Å²) in [4.78, 5) is 2.43. The van der Waals surface area contributed by atoms with Crippen LogP contribution in [0.25, 0.3) is 0 Å². The van der Waals surface area contributed by atoms with E-state index >= 15 is 0 Å². The molecule has 1 unspecified atom stereocenters. The van der Waals surface area contributed by atoms with E-state index in [9.17, 15) is 0 Å². The van der Waals surface area contributed by atoms with Crippen LogP contribution in [0.3, 0.4) is 0 Å². The highest BCUT2D eigenvalue weighted by atomic mass is 15.1. The topological polar surface area (TPSA) is 15.3 Å². The van der Waals surface area contributed by atoms with Crippen LogP contribution in [0.1, 0.15) is 19.4 Å². The lowest BCUT2D eigenvalue weighted by molar-refractivity contribution is 0.284. The lowest BCUT2D eigenvalue weighted by atomic mass is 10.1. The zero-order valence-corrected chi connectivity index (χ0v) is 11.4. The number of likely N-dealkylation sites (N-methyl/N-ethyl adjacent to an activating group) is 1.